The molecule has 3 rings (SSSR count). The molecule has 1 N–H and O–H groups in total. The normalized spacial score (nSPS) is 32.2. The number of hydrogen-bond acceptors (Lipinski definition) is 4. The number of likely N-dealkylation sites (tertiary alicyclic amines) is 1. The van der Waals surface area contributed by atoms with E-state index < -0.39 is 0 Å². The standard InChI is InChI=1S/C13H25N3O.2ClH/c1-2-16(11-13-10-14-9-12(1)13)4-3-15-5-7-17-8-6-15;;/h12-14H,1-11H2;2*1H. The van der Waals surface area contributed by atoms with Crippen LogP contribution in [0.5, 0.6) is 0 Å². The Morgan fingerprint density at radius 3 is 2.37 bits per heavy atom. The average Bonchev–Trinajstić information content (AvgIpc) is 2.85. The van der Waals surface area contributed by atoms with Crippen molar-refractivity contribution < 1.29 is 4.74 Å². The van der Waals surface area contributed by atoms with Crippen LogP contribution in [-0.4, -0.2) is 75.4 Å². The third kappa shape index (κ3) is 4.73. The third-order valence-corrected chi connectivity index (χ3v) is 4.62. The van der Waals surface area contributed by atoms with Crippen molar-refractivity contribution in [2.24, 2.45) is 11.8 Å². The molecular formula is C13H27Cl2N3O. The number of hydrogen-bond donors (Lipinski definition) is 1. The van der Waals surface area contributed by atoms with Gasteiger partial charge >= 0.3 is 0 Å². The molecule has 3 aliphatic heterocycles. The van der Waals surface area contributed by atoms with Crippen LogP contribution >= 0.6 is 24.8 Å². The van der Waals surface area contributed by atoms with Crippen molar-refractivity contribution in [3.63, 3.8) is 0 Å². The lowest BCUT2D eigenvalue weighted by molar-refractivity contribution is 0.0298. The summed E-state index contributed by atoms with van der Waals surface area (Å²) in [5, 5.41) is 3.54. The van der Waals surface area contributed by atoms with Crippen molar-refractivity contribution in [2.45, 2.75) is 6.42 Å². The Morgan fingerprint density at radius 2 is 1.58 bits per heavy atom. The lowest BCUT2D eigenvalue weighted by Gasteiger charge is -2.36. The van der Waals surface area contributed by atoms with Gasteiger partial charge in [0, 0.05) is 32.7 Å². The van der Waals surface area contributed by atoms with Crippen molar-refractivity contribution in [2.75, 3.05) is 65.6 Å². The molecule has 3 aliphatic rings. The molecule has 0 amide bonds. The highest BCUT2D eigenvalue weighted by Gasteiger charge is 2.32. The fourth-order valence-electron chi connectivity index (χ4n) is 3.42. The van der Waals surface area contributed by atoms with Crippen LogP contribution in [0, 0.1) is 11.8 Å². The Bertz CT molecular complexity index is 252. The maximum absolute atomic E-state index is 5.38. The van der Waals surface area contributed by atoms with Crippen molar-refractivity contribution in [1.82, 2.24) is 15.1 Å². The zero-order valence-electron chi connectivity index (χ0n) is 11.6. The first kappa shape index (κ1) is 17.5. The summed E-state index contributed by atoms with van der Waals surface area (Å²) < 4.78 is 5.38. The minimum Gasteiger partial charge on any atom is -0.379 e. The van der Waals surface area contributed by atoms with E-state index in [1.165, 1.54) is 45.7 Å². The molecule has 19 heavy (non-hydrogen) atoms. The second-order valence-corrected chi connectivity index (χ2v) is 5.72. The highest BCUT2D eigenvalue weighted by Crippen LogP contribution is 2.26. The van der Waals surface area contributed by atoms with E-state index in [4.69, 9.17) is 4.74 Å². The first-order chi connectivity index (χ1) is 8.42. The topological polar surface area (TPSA) is 27.7 Å². The van der Waals surface area contributed by atoms with E-state index in [0.717, 1.165) is 38.1 Å². The molecule has 2 atom stereocenters. The molecule has 0 radical (unpaired) electrons. The molecule has 0 saturated carbocycles. The number of ether oxygens (including phenoxy) is 1. The van der Waals surface area contributed by atoms with E-state index in [-0.39, 0.29) is 24.8 Å². The fourth-order valence-corrected chi connectivity index (χ4v) is 3.42. The van der Waals surface area contributed by atoms with Crippen molar-refractivity contribution in [3.05, 3.63) is 0 Å². The highest BCUT2D eigenvalue weighted by molar-refractivity contribution is 5.85. The maximum Gasteiger partial charge on any atom is 0.0594 e. The third-order valence-electron chi connectivity index (χ3n) is 4.62. The molecule has 2 unspecified atom stereocenters. The maximum atomic E-state index is 5.38. The quantitative estimate of drug-likeness (QED) is 0.830. The number of morpholine rings is 1. The van der Waals surface area contributed by atoms with Crippen LogP contribution < -0.4 is 5.32 Å². The van der Waals surface area contributed by atoms with Gasteiger partial charge in [0.1, 0.15) is 0 Å². The van der Waals surface area contributed by atoms with Crippen molar-refractivity contribution >= 4 is 24.8 Å². The number of nitrogens with zero attached hydrogens (tertiary/aromatic N) is 2. The number of halogens is 2. The van der Waals surface area contributed by atoms with Gasteiger partial charge in [-0.1, -0.05) is 0 Å². The van der Waals surface area contributed by atoms with Crippen molar-refractivity contribution in [3.8, 4) is 0 Å². The minimum absolute atomic E-state index is 0. The van der Waals surface area contributed by atoms with Crippen LogP contribution in [0.1, 0.15) is 6.42 Å². The van der Waals surface area contributed by atoms with Gasteiger partial charge < -0.3 is 15.0 Å². The Kier molecular flexibility index (Phi) is 7.95. The van der Waals surface area contributed by atoms with E-state index in [0.29, 0.717) is 0 Å². The first-order valence-corrected chi connectivity index (χ1v) is 7.15. The van der Waals surface area contributed by atoms with Gasteiger partial charge in [-0.3, -0.25) is 4.90 Å². The lowest BCUT2D eigenvalue weighted by atomic mass is 9.89. The van der Waals surface area contributed by atoms with E-state index in [9.17, 15) is 0 Å². The molecule has 0 aliphatic carbocycles. The minimum atomic E-state index is 0. The summed E-state index contributed by atoms with van der Waals surface area (Å²) in [6, 6.07) is 0. The largest absolute Gasteiger partial charge is 0.379 e. The van der Waals surface area contributed by atoms with Gasteiger partial charge in [0.05, 0.1) is 13.2 Å². The summed E-state index contributed by atoms with van der Waals surface area (Å²) in [6.07, 6.45) is 1.40. The summed E-state index contributed by atoms with van der Waals surface area (Å²) in [4.78, 5) is 5.21. The smallest absolute Gasteiger partial charge is 0.0594 e. The molecular weight excluding hydrogens is 285 g/mol. The van der Waals surface area contributed by atoms with Crippen molar-refractivity contribution in [1.29, 1.82) is 0 Å². The van der Waals surface area contributed by atoms with Gasteiger partial charge in [-0.2, -0.15) is 0 Å². The Labute approximate surface area is 129 Å². The molecule has 0 aromatic carbocycles. The van der Waals surface area contributed by atoms with Gasteiger partial charge in [0.25, 0.3) is 0 Å². The Balaban J connectivity index is 0.000000902. The number of fused-ring (bicyclic) bond motifs is 1. The van der Waals surface area contributed by atoms with E-state index >= 15 is 0 Å². The molecule has 0 spiro atoms. The summed E-state index contributed by atoms with van der Waals surface area (Å²) in [7, 11) is 0. The average molecular weight is 312 g/mol. The van der Waals surface area contributed by atoms with Crippen LogP contribution in [0.25, 0.3) is 0 Å². The SMILES string of the molecule is C1CN(CCN2CCC3CNCC3C2)CCO1.Cl.Cl. The Hall–Kier alpha value is 0.420. The van der Waals surface area contributed by atoms with Crippen LogP contribution in [0.15, 0.2) is 0 Å². The zero-order valence-corrected chi connectivity index (χ0v) is 13.2. The van der Waals surface area contributed by atoms with Crippen LogP contribution in [0.3, 0.4) is 0 Å². The molecule has 0 bridgehead atoms. The summed E-state index contributed by atoms with van der Waals surface area (Å²) in [5.74, 6) is 1.89. The second-order valence-electron chi connectivity index (χ2n) is 5.72. The monoisotopic (exact) mass is 311 g/mol. The molecule has 4 nitrogen and oxygen atoms in total. The molecule has 3 fully saturated rings. The van der Waals surface area contributed by atoms with Gasteiger partial charge in [0.2, 0.25) is 0 Å². The molecule has 114 valence electrons. The predicted octanol–water partition coefficient (Wildman–Crippen LogP) is 0.703. The summed E-state index contributed by atoms with van der Waals surface area (Å²) in [5.41, 5.74) is 0. The highest BCUT2D eigenvalue weighted by atomic mass is 35.5. The van der Waals surface area contributed by atoms with Gasteiger partial charge in [-0.25, -0.2) is 0 Å². The molecule has 0 aromatic rings. The number of rotatable bonds is 3. The number of nitrogens with one attached hydrogen (secondary N) is 1. The predicted molar refractivity (Wildman–Crippen MR) is 82.7 cm³/mol. The molecule has 3 saturated heterocycles. The van der Waals surface area contributed by atoms with Crippen LogP contribution in [-0.2, 0) is 4.74 Å². The van der Waals surface area contributed by atoms with E-state index in [1.54, 1.807) is 0 Å². The number of piperidine rings is 1. The molecule has 3 heterocycles. The summed E-state index contributed by atoms with van der Waals surface area (Å²) in [6.45, 7) is 11.7. The van der Waals surface area contributed by atoms with Gasteiger partial charge in [0.15, 0.2) is 0 Å². The first-order valence-electron chi connectivity index (χ1n) is 7.15. The lowest BCUT2D eigenvalue weighted by Crippen LogP contribution is -2.45. The Morgan fingerprint density at radius 1 is 0.895 bits per heavy atom. The van der Waals surface area contributed by atoms with Crippen LogP contribution in [0.2, 0.25) is 0 Å². The van der Waals surface area contributed by atoms with Gasteiger partial charge in [-0.05, 0) is 37.9 Å². The summed E-state index contributed by atoms with van der Waals surface area (Å²) >= 11 is 0. The zero-order chi connectivity index (χ0) is 11.5. The van der Waals surface area contributed by atoms with Crippen LogP contribution in [0.4, 0.5) is 0 Å². The molecule has 0 aromatic heterocycles. The molecule has 6 heteroatoms. The second kappa shape index (κ2) is 8.65. The fraction of sp³-hybridized carbons (Fsp3) is 1.00. The van der Waals surface area contributed by atoms with E-state index in [2.05, 4.69) is 15.1 Å². The van der Waals surface area contributed by atoms with Gasteiger partial charge in [-0.15, -0.1) is 24.8 Å². The van der Waals surface area contributed by atoms with E-state index in [1.807, 2.05) is 0 Å².